The van der Waals surface area contributed by atoms with E-state index in [0.29, 0.717) is 32.5 Å². The molecule has 0 spiro atoms. The number of rotatable bonds is 2. The lowest BCUT2D eigenvalue weighted by molar-refractivity contribution is 0.0797. The van der Waals surface area contributed by atoms with Crippen molar-refractivity contribution in [2.45, 2.75) is 12.0 Å². The molecule has 1 unspecified atom stereocenters. The van der Waals surface area contributed by atoms with Gasteiger partial charge >= 0.3 is 0 Å². The first-order valence-electron chi connectivity index (χ1n) is 10.3. The Balaban J connectivity index is 1.79. The third-order valence-corrected chi connectivity index (χ3v) is 6.43. The van der Waals surface area contributed by atoms with Crippen LogP contribution in [-0.2, 0) is 5.60 Å². The van der Waals surface area contributed by atoms with Crippen LogP contribution in [0.15, 0.2) is 88.9 Å². The number of aliphatic hydroxyl groups is 1. The van der Waals surface area contributed by atoms with E-state index in [-0.39, 0.29) is 29.2 Å². The first-order chi connectivity index (χ1) is 16.3. The van der Waals surface area contributed by atoms with Crippen molar-refractivity contribution >= 4 is 52.0 Å². The third kappa shape index (κ3) is 3.42. The molecule has 0 fully saturated rings. The van der Waals surface area contributed by atoms with E-state index in [4.69, 9.17) is 33.6 Å². The summed E-state index contributed by atoms with van der Waals surface area (Å²) in [6.07, 6.45) is -0.135. The second-order valence-electron chi connectivity index (χ2n) is 7.94. The SMILES string of the molecule is N#CC1=C2C(=O)c3ccccc3C2(O)CC(=Nc2ccc(Cl)cc2)N(c2ccc(Cl)cc2)C1=N. The van der Waals surface area contributed by atoms with Crippen molar-refractivity contribution < 1.29 is 9.90 Å². The predicted octanol–water partition coefficient (Wildman–Crippen LogP) is 5.82. The molecule has 6 nitrogen and oxygen atoms in total. The largest absolute Gasteiger partial charge is 0.380 e. The molecule has 1 aliphatic heterocycles. The number of hydrogen-bond acceptors (Lipinski definition) is 5. The first-order valence-corrected chi connectivity index (χ1v) is 11.1. The van der Waals surface area contributed by atoms with E-state index in [1.54, 1.807) is 72.8 Å². The number of hydrogen-bond donors (Lipinski definition) is 2. The molecule has 3 aromatic carbocycles. The van der Waals surface area contributed by atoms with Crippen molar-refractivity contribution in [3.05, 3.63) is 105 Å². The summed E-state index contributed by atoms with van der Waals surface area (Å²) < 4.78 is 0. The molecule has 1 aliphatic carbocycles. The van der Waals surface area contributed by atoms with Crippen LogP contribution >= 0.6 is 23.2 Å². The Morgan fingerprint density at radius 2 is 1.62 bits per heavy atom. The Hall–Kier alpha value is -3.76. The van der Waals surface area contributed by atoms with Crippen molar-refractivity contribution in [3.8, 4) is 6.07 Å². The maximum Gasteiger partial charge on any atom is 0.194 e. The number of ketones is 1. The standard InChI is InChI=1S/C26H16Cl2N4O2/c27-15-5-9-17(10-6-15)31-22-13-26(34)21-4-2-1-3-19(21)24(33)23(26)20(14-29)25(30)32(22)18-11-7-16(28)8-12-18/h1-12,30,34H,13H2. The van der Waals surface area contributed by atoms with Crippen molar-refractivity contribution in [1.82, 2.24) is 0 Å². The average molecular weight is 487 g/mol. The Morgan fingerprint density at radius 3 is 2.26 bits per heavy atom. The van der Waals surface area contributed by atoms with Gasteiger partial charge in [-0.25, -0.2) is 4.99 Å². The second-order valence-corrected chi connectivity index (χ2v) is 8.81. The molecule has 2 aliphatic rings. The van der Waals surface area contributed by atoms with E-state index in [0.717, 1.165) is 0 Å². The molecule has 8 heteroatoms. The highest BCUT2D eigenvalue weighted by Crippen LogP contribution is 2.47. The molecule has 0 saturated carbocycles. The Bertz CT molecular complexity index is 1450. The Kier molecular flexibility index (Phi) is 5.34. The summed E-state index contributed by atoms with van der Waals surface area (Å²) in [4.78, 5) is 19.5. The van der Waals surface area contributed by atoms with Crippen LogP contribution in [0.2, 0.25) is 10.0 Å². The number of nitrogens with one attached hydrogen (secondary N) is 1. The molecular formula is C26H16Cl2N4O2. The third-order valence-electron chi connectivity index (χ3n) is 5.92. The molecule has 3 aromatic rings. The van der Waals surface area contributed by atoms with Crippen LogP contribution in [-0.4, -0.2) is 22.6 Å². The fourth-order valence-electron chi connectivity index (χ4n) is 4.40. The highest BCUT2D eigenvalue weighted by molar-refractivity contribution is 6.33. The molecule has 5 rings (SSSR count). The molecular weight excluding hydrogens is 471 g/mol. The smallest absolute Gasteiger partial charge is 0.194 e. The number of amidine groups is 2. The summed E-state index contributed by atoms with van der Waals surface area (Å²) in [6.45, 7) is 0. The van der Waals surface area contributed by atoms with Gasteiger partial charge in [-0.05, 0) is 54.1 Å². The van der Waals surface area contributed by atoms with Gasteiger partial charge in [-0.15, -0.1) is 0 Å². The van der Waals surface area contributed by atoms with E-state index >= 15 is 0 Å². The molecule has 166 valence electrons. The number of anilines is 1. The number of nitrogens with zero attached hydrogens (tertiary/aromatic N) is 3. The highest BCUT2D eigenvalue weighted by atomic mass is 35.5. The molecule has 1 heterocycles. The van der Waals surface area contributed by atoms with Crippen LogP contribution in [0.4, 0.5) is 11.4 Å². The molecule has 0 amide bonds. The van der Waals surface area contributed by atoms with Crippen LogP contribution in [0.5, 0.6) is 0 Å². The van der Waals surface area contributed by atoms with Gasteiger partial charge in [0.15, 0.2) is 5.78 Å². The summed E-state index contributed by atoms with van der Waals surface area (Å²) in [6, 6.07) is 22.2. The number of carbonyl (C=O) groups excluding carboxylic acids is 1. The number of nitriles is 1. The maximum absolute atomic E-state index is 13.3. The number of fused-ring (bicyclic) bond motifs is 3. The lowest BCUT2D eigenvalue weighted by Gasteiger charge is -2.28. The van der Waals surface area contributed by atoms with Gasteiger partial charge < -0.3 is 5.11 Å². The molecule has 1 atom stereocenters. The zero-order valence-corrected chi connectivity index (χ0v) is 19.1. The monoisotopic (exact) mass is 486 g/mol. The minimum Gasteiger partial charge on any atom is -0.380 e. The number of Topliss-reactive ketones (excluding diaryl/α,β-unsaturated/α-hetero) is 1. The van der Waals surface area contributed by atoms with Gasteiger partial charge in [-0.2, -0.15) is 5.26 Å². The normalized spacial score (nSPS) is 20.8. The zero-order chi connectivity index (χ0) is 24.0. The fourth-order valence-corrected chi connectivity index (χ4v) is 4.65. The molecule has 0 aromatic heterocycles. The van der Waals surface area contributed by atoms with E-state index in [1.807, 2.05) is 6.07 Å². The average Bonchev–Trinajstić information content (AvgIpc) is 2.98. The van der Waals surface area contributed by atoms with Gasteiger partial charge in [0.05, 0.1) is 11.3 Å². The van der Waals surface area contributed by atoms with Gasteiger partial charge in [0, 0.05) is 27.7 Å². The van der Waals surface area contributed by atoms with Crippen molar-refractivity contribution in [3.63, 3.8) is 0 Å². The van der Waals surface area contributed by atoms with Crippen molar-refractivity contribution in [2.75, 3.05) is 4.90 Å². The van der Waals surface area contributed by atoms with E-state index < -0.39 is 11.4 Å². The number of benzene rings is 3. The quantitative estimate of drug-likeness (QED) is 0.476. The first kappa shape index (κ1) is 22.1. The molecule has 0 saturated heterocycles. The summed E-state index contributed by atoms with van der Waals surface area (Å²) in [5, 5.41) is 32.0. The van der Waals surface area contributed by atoms with Crippen LogP contribution in [0.3, 0.4) is 0 Å². The number of carbonyl (C=O) groups is 1. The number of halogens is 2. The molecule has 0 radical (unpaired) electrons. The van der Waals surface area contributed by atoms with E-state index in [1.165, 1.54) is 4.90 Å². The minimum atomic E-state index is -1.82. The van der Waals surface area contributed by atoms with Crippen LogP contribution in [0.25, 0.3) is 0 Å². The topological polar surface area (TPSA) is 101 Å². The zero-order valence-electron chi connectivity index (χ0n) is 17.6. The van der Waals surface area contributed by atoms with Gasteiger partial charge in [-0.3, -0.25) is 15.1 Å². The van der Waals surface area contributed by atoms with Gasteiger partial charge in [0.25, 0.3) is 0 Å². The Morgan fingerprint density at radius 1 is 1.00 bits per heavy atom. The van der Waals surface area contributed by atoms with Crippen LogP contribution in [0.1, 0.15) is 22.3 Å². The Labute approximate surface area is 205 Å². The van der Waals surface area contributed by atoms with Gasteiger partial charge in [0.2, 0.25) is 0 Å². The fraction of sp³-hybridized carbons (Fsp3) is 0.0769. The summed E-state index contributed by atoms with van der Waals surface area (Å²) in [7, 11) is 0. The van der Waals surface area contributed by atoms with Crippen LogP contribution < -0.4 is 4.90 Å². The predicted molar refractivity (Wildman–Crippen MR) is 132 cm³/mol. The van der Waals surface area contributed by atoms with Crippen molar-refractivity contribution in [2.24, 2.45) is 4.99 Å². The summed E-state index contributed by atoms with van der Waals surface area (Å²) in [5.41, 5.74) is -0.392. The highest BCUT2D eigenvalue weighted by Gasteiger charge is 2.52. The van der Waals surface area contributed by atoms with Crippen molar-refractivity contribution in [1.29, 1.82) is 10.7 Å². The van der Waals surface area contributed by atoms with E-state index in [9.17, 15) is 15.2 Å². The summed E-state index contributed by atoms with van der Waals surface area (Å²) >= 11 is 12.1. The van der Waals surface area contributed by atoms with Gasteiger partial charge in [0.1, 0.15) is 28.9 Å². The lowest BCUT2D eigenvalue weighted by Crippen LogP contribution is -2.38. The molecule has 2 N–H and O–H groups in total. The maximum atomic E-state index is 13.3. The lowest BCUT2D eigenvalue weighted by atomic mass is 9.86. The minimum absolute atomic E-state index is 0.110. The number of aliphatic imine (C=N–C) groups is 1. The van der Waals surface area contributed by atoms with Crippen LogP contribution in [0, 0.1) is 16.7 Å². The summed E-state index contributed by atoms with van der Waals surface area (Å²) in [5.74, 6) is -0.447. The molecule has 34 heavy (non-hydrogen) atoms. The van der Waals surface area contributed by atoms with Gasteiger partial charge in [-0.1, -0.05) is 47.5 Å². The second kappa shape index (κ2) is 8.23. The molecule has 0 bridgehead atoms. The van der Waals surface area contributed by atoms with E-state index in [2.05, 4.69) is 0 Å².